The predicted molar refractivity (Wildman–Crippen MR) is 110 cm³/mol. The van der Waals surface area contributed by atoms with Crippen molar-refractivity contribution in [1.29, 1.82) is 0 Å². The molecule has 7 nitrogen and oxygen atoms in total. The molecule has 3 aromatic rings. The molecule has 0 fully saturated rings. The molecule has 148 valence electrons. The van der Waals surface area contributed by atoms with Gasteiger partial charge in [0.1, 0.15) is 6.04 Å². The van der Waals surface area contributed by atoms with E-state index in [4.69, 9.17) is 0 Å². The number of nitro benzene ring substituents is 1. The number of hydrogen-bond acceptors (Lipinski definition) is 4. The van der Waals surface area contributed by atoms with Crippen molar-refractivity contribution < 1.29 is 14.5 Å². The average Bonchev–Trinajstić information content (AvgIpc) is 2.73. The van der Waals surface area contributed by atoms with Crippen LogP contribution in [0.4, 0.5) is 5.69 Å². The van der Waals surface area contributed by atoms with Gasteiger partial charge >= 0.3 is 0 Å². The second kappa shape index (κ2) is 8.52. The molecule has 2 amide bonds. The van der Waals surface area contributed by atoms with E-state index in [1.165, 1.54) is 24.3 Å². The molecular weight excluding hydrogens is 370 g/mol. The second-order valence-corrected chi connectivity index (χ2v) is 6.84. The predicted octanol–water partition coefficient (Wildman–Crippen LogP) is 3.52. The quantitative estimate of drug-likeness (QED) is 0.514. The van der Waals surface area contributed by atoms with E-state index in [-0.39, 0.29) is 17.2 Å². The van der Waals surface area contributed by atoms with Crippen LogP contribution in [0.1, 0.15) is 22.8 Å². The molecule has 0 aliphatic rings. The summed E-state index contributed by atoms with van der Waals surface area (Å²) in [6, 6.07) is 18.5. The minimum atomic E-state index is -0.776. The minimum Gasteiger partial charge on any atom is -0.341 e. The highest BCUT2D eigenvalue weighted by Crippen LogP contribution is 2.20. The van der Waals surface area contributed by atoms with E-state index >= 15 is 0 Å². The Kier molecular flexibility index (Phi) is 5.87. The Balaban J connectivity index is 1.68. The summed E-state index contributed by atoms with van der Waals surface area (Å²) in [4.78, 5) is 37.0. The molecule has 0 aliphatic carbocycles. The van der Waals surface area contributed by atoms with Gasteiger partial charge in [0, 0.05) is 31.3 Å². The summed E-state index contributed by atoms with van der Waals surface area (Å²) in [6.45, 7) is 1.99. The molecule has 3 aromatic carbocycles. The number of carbonyl (C=O) groups is 2. The van der Waals surface area contributed by atoms with Crippen molar-refractivity contribution in [2.75, 3.05) is 7.05 Å². The Bertz CT molecular complexity index is 1080. The zero-order valence-corrected chi connectivity index (χ0v) is 16.2. The number of carbonyl (C=O) groups excluding carboxylic acids is 2. The van der Waals surface area contributed by atoms with Gasteiger partial charge in [0.15, 0.2) is 0 Å². The number of nitrogens with one attached hydrogen (secondary N) is 1. The first-order valence-corrected chi connectivity index (χ1v) is 9.14. The molecule has 0 spiro atoms. The normalized spacial score (nSPS) is 11.7. The third-order valence-electron chi connectivity index (χ3n) is 4.70. The summed E-state index contributed by atoms with van der Waals surface area (Å²) in [5.41, 5.74) is 0.969. The fraction of sp³-hybridized carbons (Fsp3) is 0.182. The summed E-state index contributed by atoms with van der Waals surface area (Å²) < 4.78 is 0. The first kappa shape index (κ1) is 20.0. The van der Waals surface area contributed by atoms with Crippen LogP contribution in [0.25, 0.3) is 10.8 Å². The summed E-state index contributed by atoms with van der Waals surface area (Å²) in [5.74, 6) is -0.787. The van der Waals surface area contributed by atoms with Crippen molar-refractivity contribution in [1.82, 2.24) is 10.2 Å². The maximum absolute atomic E-state index is 12.7. The van der Waals surface area contributed by atoms with Gasteiger partial charge in [0.05, 0.1) is 4.92 Å². The molecule has 1 atom stereocenters. The van der Waals surface area contributed by atoms with E-state index in [9.17, 15) is 19.7 Å². The van der Waals surface area contributed by atoms with E-state index in [0.29, 0.717) is 6.54 Å². The zero-order valence-electron chi connectivity index (χ0n) is 16.2. The maximum Gasteiger partial charge on any atom is 0.270 e. The van der Waals surface area contributed by atoms with Crippen LogP contribution in [-0.2, 0) is 11.3 Å². The van der Waals surface area contributed by atoms with Gasteiger partial charge in [0.2, 0.25) is 5.91 Å². The summed E-state index contributed by atoms with van der Waals surface area (Å²) in [7, 11) is 1.68. The molecule has 29 heavy (non-hydrogen) atoms. The van der Waals surface area contributed by atoms with Crippen LogP contribution in [0.2, 0.25) is 0 Å². The van der Waals surface area contributed by atoms with Crippen LogP contribution in [0.3, 0.4) is 0 Å². The minimum absolute atomic E-state index is 0.135. The fourth-order valence-corrected chi connectivity index (χ4v) is 3.20. The van der Waals surface area contributed by atoms with Gasteiger partial charge in [-0.2, -0.15) is 0 Å². The highest BCUT2D eigenvalue weighted by atomic mass is 16.6. The number of benzene rings is 3. The van der Waals surface area contributed by atoms with Crippen LogP contribution < -0.4 is 5.32 Å². The Morgan fingerprint density at radius 2 is 1.76 bits per heavy atom. The van der Waals surface area contributed by atoms with Gasteiger partial charge in [-0.25, -0.2) is 0 Å². The van der Waals surface area contributed by atoms with Gasteiger partial charge in [-0.1, -0.05) is 48.5 Å². The molecule has 1 unspecified atom stereocenters. The molecule has 0 saturated carbocycles. The van der Waals surface area contributed by atoms with E-state index in [2.05, 4.69) is 5.32 Å². The number of likely N-dealkylation sites (N-methyl/N-ethyl adjacent to an activating group) is 1. The monoisotopic (exact) mass is 391 g/mol. The second-order valence-electron chi connectivity index (χ2n) is 6.84. The topological polar surface area (TPSA) is 92.5 Å². The van der Waals surface area contributed by atoms with E-state index < -0.39 is 16.9 Å². The van der Waals surface area contributed by atoms with E-state index in [0.717, 1.165) is 16.3 Å². The summed E-state index contributed by atoms with van der Waals surface area (Å²) >= 11 is 0. The van der Waals surface area contributed by atoms with Gasteiger partial charge in [-0.15, -0.1) is 0 Å². The molecular formula is C22H21N3O4. The first-order valence-electron chi connectivity index (χ1n) is 9.14. The first-order chi connectivity index (χ1) is 13.9. The number of rotatable bonds is 6. The largest absolute Gasteiger partial charge is 0.341 e. The molecule has 7 heteroatoms. The van der Waals surface area contributed by atoms with Crippen LogP contribution in [-0.4, -0.2) is 34.7 Å². The van der Waals surface area contributed by atoms with Crippen molar-refractivity contribution in [2.45, 2.75) is 19.5 Å². The van der Waals surface area contributed by atoms with Crippen molar-refractivity contribution in [2.24, 2.45) is 0 Å². The molecule has 0 saturated heterocycles. The lowest BCUT2D eigenvalue weighted by atomic mass is 10.0. The third-order valence-corrected chi connectivity index (χ3v) is 4.70. The highest BCUT2D eigenvalue weighted by Gasteiger charge is 2.21. The van der Waals surface area contributed by atoms with Crippen molar-refractivity contribution in [3.63, 3.8) is 0 Å². The van der Waals surface area contributed by atoms with Crippen LogP contribution in [0.5, 0.6) is 0 Å². The van der Waals surface area contributed by atoms with Crippen LogP contribution >= 0.6 is 0 Å². The van der Waals surface area contributed by atoms with Gasteiger partial charge < -0.3 is 10.2 Å². The molecule has 0 aromatic heterocycles. The Labute approximate surface area is 168 Å². The number of non-ortho nitro benzene ring substituents is 1. The Morgan fingerprint density at radius 3 is 2.52 bits per heavy atom. The lowest BCUT2D eigenvalue weighted by Gasteiger charge is -2.23. The molecule has 0 heterocycles. The van der Waals surface area contributed by atoms with Gasteiger partial charge in [-0.05, 0) is 29.3 Å². The number of nitro groups is 1. The van der Waals surface area contributed by atoms with E-state index in [1.54, 1.807) is 18.9 Å². The fourth-order valence-electron chi connectivity index (χ4n) is 3.20. The SMILES string of the molecule is CC(NC(=O)c1cccc([N+](=O)[O-])c1)C(=O)N(C)Cc1cccc2ccccc12. The lowest BCUT2D eigenvalue weighted by Crippen LogP contribution is -2.45. The van der Waals surface area contributed by atoms with Gasteiger partial charge in [-0.3, -0.25) is 19.7 Å². The third kappa shape index (κ3) is 4.57. The Hall–Kier alpha value is -3.74. The zero-order chi connectivity index (χ0) is 21.0. The van der Waals surface area contributed by atoms with Crippen LogP contribution in [0, 0.1) is 10.1 Å². The number of nitrogens with zero attached hydrogens (tertiary/aromatic N) is 2. The molecule has 1 N–H and O–H groups in total. The van der Waals surface area contributed by atoms with Gasteiger partial charge in [0.25, 0.3) is 11.6 Å². The highest BCUT2D eigenvalue weighted by molar-refractivity contribution is 5.98. The average molecular weight is 391 g/mol. The maximum atomic E-state index is 12.7. The molecule has 3 rings (SSSR count). The number of amides is 2. The Morgan fingerprint density at radius 1 is 1.07 bits per heavy atom. The summed E-state index contributed by atoms with van der Waals surface area (Å²) in [6.07, 6.45) is 0. The molecule has 0 bridgehead atoms. The van der Waals surface area contributed by atoms with Crippen molar-refractivity contribution >= 4 is 28.3 Å². The smallest absolute Gasteiger partial charge is 0.270 e. The number of fused-ring (bicyclic) bond motifs is 1. The molecule has 0 aliphatic heterocycles. The standard InChI is InChI=1S/C22H21N3O4/c1-15(23-21(26)17-9-6-11-19(13-17)25(28)29)22(27)24(2)14-18-10-5-8-16-7-3-4-12-20(16)18/h3-13,15H,14H2,1-2H3,(H,23,26). The lowest BCUT2D eigenvalue weighted by molar-refractivity contribution is -0.384. The molecule has 0 radical (unpaired) electrons. The van der Waals surface area contributed by atoms with E-state index in [1.807, 2.05) is 42.5 Å². The van der Waals surface area contributed by atoms with Crippen molar-refractivity contribution in [3.05, 3.63) is 88.0 Å². The number of hydrogen-bond donors (Lipinski definition) is 1. The van der Waals surface area contributed by atoms with Crippen LogP contribution in [0.15, 0.2) is 66.7 Å². The summed E-state index contributed by atoms with van der Waals surface area (Å²) in [5, 5.41) is 15.7. The van der Waals surface area contributed by atoms with Crippen molar-refractivity contribution in [3.8, 4) is 0 Å².